The molecule has 0 saturated carbocycles. The van der Waals surface area contributed by atoms with Gasteiger partial charge in [0.25, 0.3) is 0 Å². The van der Waals surface area contributed by atoms with Crippen molar-refractivity contribution >= 4 is 0 Å². The number of nitrogens with zero attached hydrogens (tertiary/aromatic N) is 3. The maximum absolute atomic E-state index is 5.25. The summed E-state index contributed by atoms with van der Waals surface area (Å²) in [5.74, 6) is 2.06. The first-order valence-corrected chi connectivity index (χ1v) is 15.9. The van der Waals surface area contributed by atoms with Crippen molar-refractivity contribution in [2.75, 3.05) is 0 Å². The van der Waals surface area contributed by atoms with Gasteiger partial charge >= 0.3 is 0 Å². The lowest BCUT2D eigenvalue weighted by atomic mass is 9.55. The van der Waals surface area contributed by atoms with Crippen molar-refractivity contribution in [2.24, 2.45) is 0 Å². The molecule has 0 bridgehead atoms. The summed E-state index contributed by atoms with van der Waals surface area (Å²) in [5, 5.41) is 0. The van der Waals surface area contributed by atoms with Crippen molar-refractivity contribution in [3.05, 3.63) is 138 Å². The van der Waals surface area contributed by atoms with Crippen LogP contribution in [-0.4, -0.2) is 15.0 Å². The molecule has 0 atom stereocenters. The monoisotopic (exact) mass is 583 g/mol. The molecule has 0 radical (unpaired) electrons. The smallest absolute Gasteiger partial charge is 0.164 e. The second-order valence-corrected chi connectivity index (χ2v) is 14.1. The summed E-state index contributed by atoms with van der Waals surface area (Å²) < 4.78 is 0. The molecule has 5 aromatic carbocycles. The first-order chi connectivity index (χ1) is 21.6. The van der Waals surface area contributed by atoms with E-state index >= 15 is 0 Å². The van der Waals surface area contributed by atoms with Crippen molar-refractivity contribution in [1.82, 2.24) is 15.0 Å². The van der Waals surface area contributed by atoms with Crippen LogP contribution in [0.5, 0.6) is 0 Å². The minimum absolute atomic E-state index is 0.0172. The molecule has 6 aromatic rings. The van der Waals surface area contributed by atoms with E-state index in [0.717, 1.165) is 16.7 Å². The van der Waals surface area contributed by atoms with Gasteiger partial charge in [-0.2, -0.15) is 0 Å². The fraction of sp³-hybridized carbons (Fsp3) is 0.214. The van der Waals surface area contributed by atoms with E-state index in [-0.39, 0.29) is 16.2 Å². The zero-order valence-electron chi connectivity index (χ0n) is 26.8. The first kappa shape index (κ1) is 27.6. The summed E-state index contributed by atoms with van der Waals surface area (Å²) in [4.78, 5) is 15.5. The summed E-state index contributed by atoms with van der Waals surface area (Å²) in [6.07, 6.45) is 0. The molecule has 3 nitrogen and oxygen atoms in total. The molecule has 1 heterocycles. The quantitative estimate of drug-likeness (QED) is 0.208. The van der Waals surface area contributed by atoms with E-state index in [0.29, 0.717) is 17.5 Å². The lowest BCUT2D eigenvalue weighted by molar-refractivity contribution is 0.299. The third-order valence-corrected chi connectivity index (χ3v) is 10.9. The van der Waals surface area contributed by atoms with Crippen LogP contribution in [0.2, 0.25) is 0 Å². The number of rotatable bonds is 3. The summed E-state index contributed by atoms with van der Waals surface area (Å²) in [6, 6.07) is 41.2. The number of fused-ring (bicyclic) bond motifs is 6. The molecule has 0 unspecified atom stereocenters. The van der Waals surface area contributed by atoms with Crippen LogP contribution < -0.4 is 0 Å². The lowest BCUT2D eigenvalue weighted by Gasteiger charge is -2.48. The molecule has 45 heavy (non-hydrogen) atoms. The summed E-state index contributed by atoms with van der Waals surface area (Å²) >= 11 is 0. The van der Waals surface area contributed by atoms with Gasteiger partial charge in [-0.1, -0.05) is 151 Å². The van der Waals surface area contributed by atoms with Crippen LogP contribution in [-0.2, 0) is 16.2 Å². The van der Waals surface area contributed by atoms with Crippen LogP contribution in [0.25, 0.3) is 56.4 Å². The van der Waals surface area contributed by atoms with Crippen LogP contribution in [0.15, 0.2) is 115 Å². The van der Waals surface area contributed by atoms with Crippen molar-refractivity contribution < 1.29 is 0 Å². The van der Waals surface area contributed by atoms with E-state index in [1.54, 1.807) is 0 Å². The average molecular weight is 584 g/mol. The minimum Gasteiger partial charge on any atom is -0.208 e. The Morgan fingerprint density at radius 2 is 0.911 bits per heavy atom. The van der Waals surface area contributed by atoms with Crippen LogP contribution >= 0.6 is 0 Å². The van der Waals surface area contributed by atoms with E-state index in [1.165, 1.54) is 44.5 Å². The van der Waals surface area contributed by atoms with Crippen LogP contribution in [0.1, 0.15) is 63.8 Å². The van der Waals surface area contributed by atoms with Crippen molar-refractivity contribution in [1.29, 1.82) is 0 Å². The second-order valence-electron chi connectivity index (χ2n) is 14.1. The Morgan fingerprint density at radius 3 is 1.64 bits per heavy atom. The van der Waals surface area contributed by atoms with Gasteiger partial charge in [-0.15, -0.1) is 0 Å². The average Bonchev–Trinajstić information content (AvgIpc) is 3.30. The molecule has 1 aromatic heterocycles. The molecule has 2 aliphatic rings. The van der Waals surface area contributed by atoms with E-state index in [4.69, 9.17) is 15.0 Å². The number of hydrogen-bond acceptors (Lipinski definition) is 3. The largest absolute Gasteiger partial charge is 0.208 e. The van der Waals surface area contributed by atoms with Crippen molar-refractivity contribution in [2.45, 2.75) is 57.8 Å². The molecule has 0 N–H and O–H groups in total. The van der Waals surface area contributed by atoms with Gasteiger partial charge in [-0.25, -0.2) is 15.0 Å². The molecular formula is C42H37N3. The first-order valence-electron chi connectivity index (χ1n) is 15.9. The highest BCUT2D eigenvalue weighted by Gasteiger charge is 2.45. The lowest BCUT2D eigenvalue weighted by Crippen LogP contribution is -2.43. The van der Waals surface area contributed by atoms with Gasteiger partial charge < -0.3 is 0 Å². The topological polar surface area (TPSA) is 38.7 Å². The molecule has 220 valence electrons. The Morgan fingerprint density at radius 1 is 0.378 bits per heavy atom. The Bertz CT molecular complexity index is 2140. The third-order valence-electron chi connectivity index (χ3n) is 10.9. The van der Waals surface area contributed by atoms with E-state index < -0.39 is 0 Å². The minimum atomic E-state index is -0.105. The summed E-state index contributed by atoms with van der Waals surface area (Å²) in [6.45, 7) is 14.1. The maximum atomic E-state index is 5.25. The highest BCUT2D eigenvalue weighted by atomic mass is 15.0. The molecule has 0 saturated heterocycles. The van der Waals surface area contributed by atoms with Gasteiger partial charge in [-0.05, 0) is 61.4 Å². The number of hydrogen-bond donors (Lipinski definition) is 0. The molecule has 0 amide bonds. The van der Waals surface area contributed by atoms with Crippen LogP contribution in [0.3, 0.4) is 0 Å². The second kappa shape index (κ2) is 9.55. The Balaban J connectivity index is 1.37. The van der Waals surface area contributed by atoms with Gasteiger partial charge in [-0.3, -0.25) is 0 Å². The van der Waals surface area contributed by atoms with Gasteiger partial charge in [0.05, 0.1) is 0 Å². The molecule has 0 spiro atoms. The predicted octanol–water partition coefficient (Wildman–Crippen LogP) is 10.4. The van der Waals surface area contributed by atoms with Gasteiger partial charge in [0.2, 0.25) is 0 Å². The molecule has 0 aliphatic heterocycles. The molecule has 3 heteroatoms. The van der Waals surface area contributed by atoms with E-state index in [1.807, 2.05) is 18.2 Å². The SMILES string of the molecule is CC1(C)c2ccccc2-c2c(-c3nc(-c4ccccc4)nc(-c4ccc5c(c4)-c4ccccc4C(C)(C)C5(C)C)n3)cccc21. The highest BCUT2D eigenvalue weighted by molar-refractivity contribution is 5.91. The maximum Gasteiger partial charge on any atom is 0.164 e. The van der Waals surface area contributed by atoms with E-state index in [9.17, 15) is 0 Å². The Hall–Kier alpha value is -4.89. The standard InChI is InChI=1S/C42H37N3/c1-40(2)32-20-12-11-18-29(32)36-30(19-14-22-35(36)40)39-44-37(26-15-8-7-9-16-26)43-38(45-39)27-23-24-34-31(25-27)28-17-10-13-21-33(28)41(3,4)42(34,5)6/h7-25H,1-6H3. The Labute approximate surface area is 266 Å². The van der Waals surface area contributed by atoms with Crippen molar-refractivity contribution in [3.8, 4) is 56.4 Å². The fourth-order valence-electron chi connectivity index (χ4n) is 7.67. The van der Waals surface area contributed by atoms with Gasteiger partial charge in [0.15, 0.2) is 17.5 Å². The zero-order chi connectivity index (χ0) is 31.1. The van der Waals surface area contributed by atoms with Crippen molar-refractivity contribution in [3.63, 3.8) is 0 Å². The zero-order valence-corrected chi connectivity index (χ0v) is 26.8. The normalized spacial score (nSPS) is 16.3. The number of benzene rings is 5. The third kappa shape index (κ3) is 3.93. The summed E-state index contributed by atoms with van der Waals surface area (Å²) in [7, 11) is 0. The summed E-state index contributed by atoms with van der Waals surface area (Å²) in [5.41, 5.74) is 13.2. The van der Waals surface area contributed by atoms with Crippen LogP contribution in [0.4, 0.5) is 0 Å². The molecule has 2 aliphatic carbocycles. The van der Waals surface area contributed by atoms with Crippen LogP contribution in [0, 0.1) is 0 Å². The fourth-order valence-corrected chi connectivity index (χ4v) is 7.67. The molecular weight excluding hydrogens is 546 g/mol. The van der Waals surface area contributed by atoms with Gasteiger partial charge in [0.1, 0.15) is 0 Å². The predicted molar refractivity (Wildman–Crippen MR) is 185 cm³/mol. The van der Waals surface area contributed by atoms with E-state index in [2.05, 4.69) is 139 Å². The highest BCUT2D eigenvalue weighted by Crippen LogP contribution is 2.55. The molecule has 0 fully saturated rings. The van der Waals surface area contributed by atoms with Gasteiger partial charge in [0, 0.05) is 22.1 Å². The number of aromatic nitrogens is 3. The Kier molecular flexibility index (Phi) is 5.87. The molecule has 8 rings (SSSR count).